The normalized spacial score (nSPS) is 35.6. The Kier molecular flexibility index (Phi) is 7.01. The van der Waals surface area contributed by atoms with Gasteiger partial charge in [0.25, 0.3) is 0 Å². The highest BCUT2D eigenvalue weighted by Gasteiger charge is 2.39. The van der Waals surface area contributed by atoms with E-state index in [-0.39, 0.29) is 0 Å². The van der Waals surface area contributed by atoms with Crippen LogP contribution < -0.4 is 5.73 Å². The first-order chi connectivity index (χ1) is 10.2. The van der Waals surface area contributed by atoms with Gasteiger partial charge in [-0.2, -0.15) is 0 Å². The molecule has 2 aliphatic rings. The molecule has 0 bridgehead atoms. The smallest absolute Gasteiger partial charge is 0.0331 e. The van der Waals surface area contributed by atoms with Crippen molar-refractivity contribution in [3.8, 4) is 0 Å². The lowest BCUT2D eigenvalue weighted by molar-refractivity contribution is 0.0426. The molecule has 1 aliphatic carbocycles. The van der Waals surface area contributed by atoms with Crippen LogP contribution in [0.15, 0.2) is 0 Å². The molecule has 1 atom stereocenters. The second kappa shape index (κ2) is 8.53. The summed E-state index contributed by atoms with van der Waals surface area (Å²) < 4.78 is 0. The predicted molar refractivity (Wildman–Crippen MR) is 92.5 cm³/mol. The molecule has 2 N–H and O–H groups in total. The van der Waals surface area contributed by atoms with E-state index in [1.807, 2.05) is 0 Å². The Labute approximate surface area is 132 Å². The Balaban J connectivity index is 1.91. The molecule has 21 heavy (non-hydrogen) atoms. The molecule has 2 rings (SSSR count). The zero-order valence-corrected chi connectivity index (χ0v) is 14.6. The van der Waals surface area contributed by atoms with Crippen molar-refractivity contribution < 1.29 is 0 Å². The van der Waals surface area contributed by atoms with Crippen LogP contribution in [0, 0.1) is 11.8 Å². The average molecular weight is 295 g/mol. The van der Waals surface area contributed by atoms with Gasteiger partial charge >= 0.3 is 0 Å². The molecule has 0 aromatic carbocycles. The van der Waals surface area contributed by atoms with E-state index in [9.17, 15) is 0 Å². The highest BCUT2D eigenvalue weighted by atomic mass is 15.2. The lowest BCUT2D eigenvalue weighted by atomic mass is 9.74. The molecule has 2 fully saturated rings. The minimum Gasteiger partial charge on any atom is -0.329 e. The highest BCUT2D eigenvalue weighted by Crippen LogP contribution is 2.39. The van der Waals surface area contributed by atoms with Crippen molar-refractivity contribution in [3.05, 3.63) is 0 Å². The van der Waals surface area contributed by atoms with Crippen molar-refractivity contribution in [1.82, 2.24) is 4.90 Å². The molecule has 2 heteroatoms. The average Bonchev–Trinajstić information content (AvgIpc) is 2.75. The van der Waals surface area contributed by atoms with E-state index in [2.05, 4.69) is 18.7 Å². The van der Waals surface area contributed by atoms with Crippen molar-refractivity contribution in [3.63, 3.8) is 0 Å². The standard InChI is InChI=1S/C19H38N2/c1-3-6-17-8-5-14-21(15-11-17)19(16-20)12-9-18(7-4-2)10-13-19/h17-18H,3-16,20H2,1-2H3. The molecule has 1 unspecified atom stereocenters. The topological polar surface area (TPSA) is 29.3 Å². The fourth-order valence-corrected chi connectivity index (χ4v) is 4.90. The van der Waals surface area contributed by atoms with Crippen molar-refractivity contribution >= 4 is 0 Å². The molecule has 124 valence electrons. The van der Waals surface area contributed by atoms with E-state index < -0.39 is 0 Å². The molecule has 0 amide bonds. The number of hydrogen-bond acceptors (Lipinski definition) is 2. The third-order valence-electron chi connectivity index (χ3n) is 6.33. The van der Waals surface area contributed by atoms with Gasteiger partial charge < -0.3 is 5.73 Å². The SMILES string of the molecule is CCCC1CCCN(C2(CN)CCC(CCC)CC2)CC1. The summed E-state index contributed by atoms with van der Waals surface area (Å²) >= 11 is 0. The van der Waals surface area contributed by atoms with Gasteiger partial charge in [-0.1, -0.05) is 39.5 Å². The van der Waals surface area contributed by atoms with Gasteiger partial charge in [0.1, 0.15) is 0 Å². The molecule has 0 aromatic heterocycles. The Morgan fingerprint density at radius 1 is 0.905 bits per heavy atom. The summed E-state index contributed by atoms with van der Waals surface area (Å²) in [5.74, 6) is 1.96. The Morgan fingerprint density at radius 2 is 1.52 bits per heavy atom. The predicted octanol–water partition coefficient (Wildman–Crippen LogP) is 4.58. The molecular formula is C19H38N2. The lowest BCUT2D eigenvalue weighted by Crippen LogP contribution is -2.56. The Bertz CT molecular complexity index is 281. The maximum absolute atomic E-state index is 6.29. The lowest BCUT2D eigenvalue weighted by Gasteiger charge is -2.47. The van der Waals surface area contributed by atoms with E-state index in [0.717, 1.165) is 18.4 Å². The van der Waals surface area contributed by atoms with Gasteiger partial charge in [0, 0.05) is 12.1 Å². The summed E-state index contributed by atoms with van der Waals surface area (Å²) in [5, 5.41) is 0. The van der Waals surface area contributed by atoms with Crippen LogP contribution >= 0.6 is 0 Å². The van der Waals surface area contributed by atoms with Crippen LogP contribution in [-0.2, 0) is 0 Å². The van der Waals surface area contributed by atoms with Crippen LogP contribution in [0.1, 0.15) is 84.5 Å². The van der Waals surface area contributed by atoms with Gasteiger partial charge in [-0.15, -0.1) is 0 Å². The van der Waals surface area contributed by atoms with Gasteiger partial charge in [0.15, 0.2) is 0 Å². The summed E-state index contributed by atoms with van der Waals surface area (Å²) in [7, 11) is 0. The van der Waals surface area contributed by atoms with Crippen molar-refractivity contribution in [2.24, 2.45) is 17.6 Å². The quantitative estimate of drug-likeness (QED) is 0.777. The van der Waals surface area contributed by atoms with Crippen LogP contribution in [0.4, 0.5) is 0 Å². The number of likely N-dealkylation sites (tertiary alicyclic amines) is 1. The molecule has 0 aromatic rings. The minimum absolute atomic E-state index is 0.353. The number of nitrogens with two attached hydrogens (primary N) is 1. The van der Waals surface area contributed by atoms with Crippen molar-refractivity contribution in [2.75, 3.05) is 19.6 Å². The first kappa shape index (κ1) is 17.3. The highest BCUT2D eigenvalue weighted by molar-refractivity contribution is 4.96. The largest absolute Gasteiger partial charge is 0.329 e. The van der Waals surface area contributed by atoms with Crippen LogP contribution in [0.5, 0.6) is 0 Å². The van der Waals surface area contributed by atoms with Gasteiger partial charge in [-0.05, 0) is 69.9 Å². The molecule has 1 heterocycles. The Morgan fingerprint density at radius 3 is 2.10 bits per heavy atom. The van der Waals surface area contributed by atoms with Gasteiger partial charge in [0.05, 0.1) is 0 Å². The van der Waals surface area contributed by atoms with E-state index in [4.69, 9.17) is 5.73 Å². The minimum atomic E-state index is 0.353. The molecule has 0 spiro atoms. The number of hydrogen-bond donors (Lipinski definition) is 1. The van der Waals surface area contributed by atoms with Gasteiger partial charge in [0.2, 0.25) is 0 Å². The summed E-state index contributed by atoms with van der Waals surface area (Å²) in [6.45, 7) is 8.15. The fourth-order valence-electron chi connectivity index (χ4n) is 4.90. The molecule has 0 radical (unpaired) electrons. The van der Waals surface area contributed by atoms with Crippen LogP contribution in [0.2, 0.25) is 0 Å². The monoisotopic (exact) mass is 294 g/mol. The summed E-state index contributed by atoms with van der Waals surface area (Å²) in [5.41, 5.74) is 6.64. The summed E-state index contributed by atoms with van der Waals surface area (Å²) in [4.78, 5) is 2.81. The van der Waals surface area contributed by atoms with E-state index >= 15 is 0 Å². The van der Waals surface area contributed by atoms with Crippen LogP contribution in [-0.4, -0.2) is 30.1 Å². The zero-order valence-electron chi connectivity index (χ0n) is 14.6. The van der Waals surface area contributed by atoms with Crippen LogP contribution in [0.25, 0.3) is 0 Å². The Hall–Kier alpha value is -0.0800. The van der Waals surface area contributed by atoms with Gasteiger partial charge in [-0.25, -0.2) is 0 Å². The molecule has 1 saturated carbocycles. The third-order valence-corrected chi connectivity index (χ3v) is 6.33. The maximum Gasteiger partial charge on any atom is 0.0331 e. The molecule has 1 saturated heterocycles. The summed E-state index contributed by atoms with van der Waals surface area (Å²) in [6.07, 6.45) is 15.4. The van der Waals surface area contributed by atoms with Gasteiger partial charge in [-0.3, -0.25) is 4.90 Å². The zero-order chi connectivity index (χ0) is 15.1. The number of rotatable bonds is 6. The first-order valence-corrected chi connectivity index (χ1v) is 9.69. The second-order valence-corrected chi connectivity index (χ2v) is 7.73. The molecular weight excluding hydrogens is 256 g/mol. The fraction of sp³-hybridized carbons (Fsp3) is 1.00. The van der Waals surface area contributed by atoms with Crippen molar-refractivity contribution in [1.29, 1.82) is 0 Å². The van der Waals surface area contributed by atoms with E-state index in [0.29, 0.717) is 5.54 Å². The first-order valence-electron chi connectivity index (χ1n) is 9.69. The van der Waals surface area contributed by atoms with E-state index in [1.54, 1.807) is 0 Å². The second-order valence-electron chi connectivity index (χ2n) is 7.73. The van der Waals surface area contributed by atoms with Crippen LogP contribution in [0.3, 0.4) is 0 Å². The number of nitrogens with zero attached hydrogens (tertiary/aromatic N) is 1. The summed E-state index contributed by atoms with van der Waals surface area (Å²) in [6, 6.07) is 0. The molecule has 2 nitrogen and oxygen atoms in total. The molecule has 1 aliphatic heterocycles. The third kappa shape index (κ3) is 4.45. The van der Waals surface area contributed by atoms with E-state index in [1.165, 1.54) is 83.7 Å². The maximum atomic E-state index is 6.29. The van der Waals surface area contributed by atoms with Crippen molar-refractivity contribution in [2.45, 2.75) is 90.0 Å².